The van der Waals surface area contributed by atoms with Gasteiger partial charge in [-0.1, -0.05) is 29.3 Å². The number of nitrogens with zero attached hydrogens (tertiary/aromatic N) is 2. The van der Waals surface area contributed by atoms with Gasteiger partial charge in [-0.2, -0.15) is 0 Å². The van der Waals surface area contributed by atoms with Crippen LogP contribution in [0.5, 0.6) is 0 Å². The van der Waals surface area contributed by atoms with E-state index in [9.17, 15) is 0 Å². The normalized spacial score (nSPS) is 23.5. The minimum atomic E-state index is 0.161. The van der Waals surface area contributed by atoms with Crippen LogP contribution in [-0.2, 0) is 0 Å². The molecule has 19 heavy (non-hydrogen) atoms. The number of piperazine rings is 1. The van der Waals surface area contributed by atoms with E-state index < -0.39 is 0 Å². The summed E-state index contributed by atoms with van der Waals surface area (Å²) in [7, 11) is 2.15. The van der Waals surface area contributed by atoms with Crippen LogP contribution >= 0.6 is 23.2 Å². The van der Waals surface area contributed by atoms with Crippen molar-refractivity contribution in [2.24, 2.45) is 5.73 Å². The van der Waals surface area contributed by atoms with Crippen molar-refractivity contribution in [3.05, 3.63) is 33.8 Å². The van der Waals surface area contributed by atoms with E-state index in [2.05, 4.69) is 23.8 Å². The molecule has 0 amide bonds. The fourth-order valence-electron chi connectivity index (χ4n) is 2.83. The number of nitrogens with two attached hydrogens (primary N) is 1. The van der Waals surface area contributed by atoms with Gasteiger partial charge in [0.15, 0.2) is 0 Å². The van der Waals surface area contributed by atoms with Gasteiger partial charge in [-0.3, -0.25) is 4.90 Å². The summed E-state index contributed by atoms with van der Waals surface area (Å²) >= 11 is 12.3. The molecule has 0 spiro atoms. The summed E-state index contributed by atoms with van der Waals surface area (Å²) < 4.78 is 0. The molecule has 1 aromatic carbocycles. The van der Waals surface area contributed by atoms with Crippen molar-refractivity contribution in [1.82, 2.24) is 9.80 Å². The zero-order chi connectivity index (χ0) is 14.0. The van der Waals surface area contributed by atoms with Crippen LogP contribution in [0.2, 0.25) is 10.0 Å². The van der Waals surface area contributed by atoms with E-state index in [1.54, 1.807) is 6.07 Å². The van der Waals surface area contributed by atoms with Gasteiger partial charge < -0.3 is 10.6 Å². The van der Waals surface area contributed by atoms with E-state index >= 15 is 0 Å². The molecular formula is C14H21Cl2N3. The molecule has 0 radical (unpaired) electrons. The van der Waals surface area contributed by atoms with Gasteiger partial charge in [-0.15, -0.1) is 0 Å². The van der Waals surface area contributed by atoms with Crippen LogP contribution in [0.3, 0.4) is 0 Å². The smallest absolute Gasteiger partial charge is 0.0489 e. The first kappa shape index (κ1) is 15.1. The SMILES string of the molecule is CC1CN(C)CCN1C(CN)c1ccc(Cl)cc1Cl. The average Bonchev–Trinajstić information content (AvgIpc) is 2.34. The van der Waals surface area contributed by atoms with Crippen LogP contribution in [0.1, 0.15) is 18.5 Å². The summed E-state index contributed by atoms with van der Waals surface area (Å²) in [6.45, 7) is 5.93. The lowest BCUT2D eigenvalue weighted by molar-refractivity contribution is 0.0636. The van der Waals surface area contributed by atoms with Gasteiger partial charge in [0.1, 0.15) is 0 Å². The summed E-state index contributed by atoms with van der Waals surface area (Å²) in [5.41, 5.74) is 7.07. The van der Waals surface area contributed by atoms with Gasteiger partial charge >= 0.3 is 0 Å². The molecule has 1 saturated heterocycles. The number of hydrogen-bond donors (Lipinski definition) is 1. The lowest BCUT2D eigenvalue weighted by Crippen LogP contribution is -2.52. The standard InChI is InChI=1S/C14H21Cl2N3/c1-10-9-18(2)5-6-19(10)14(8-17)12-4-3-11(15)7-13(12)16/h3-4,7,10,14H,5-6,8-9,17H2,1-2H3. The molecule has 2 rings (SSSR count). The fourth-order valence-corrected chi connectivity index (χ4v) is 3.36. The molecule has 0 saturated carbocycles. The van der Waals surface area contributed by atoms with Crippen LogP contribution in [0.25, 0.3) is 0 Å². The molecule has 5 heteroatoms. The van der Waals surface area contributed by atoms with Crippen LogP contribution in [0.4, 0.5) is 0 Å². The quantitative estimate of drug-likeness (QED) is 0.931. The summed E-state index contributed by atoms with van der Waals surface area (Å²) in [5, 5.41) is 1.37. The molecule has 1 aliphatic heterocycles. The number of benzene rings is 1. The highest BCUT2D eigenvalue weighted by atomic mass is 35.5. The highest BCUT2D eigenvalue weighted by molar-refractivity contribution is 6.35. The summed E-state index contributed by atoms with van der Waals surface area (Å²) in [6, 6.07) is 6.30. The van der Waals surface area contributed by atoms with Gasteiger partial charge in [-0.25, -0.2) is 0 Å². The first-order valence-electron chi connectivity index (χ1n) is 6.62. The van der Waals surface area contributed by atoms with Crippen molar-refractivity contribution in [3.8, 4) is 0 Å². The number of halogens is 2. The zero-order valence-corrected chi connectivity index (χ0v) is 13.0. The lowest BCUT2D eigenvalue weighted by Gasteiger charge is -2.43. The third-order valence-corrected chi connectivity index (χ3v) is 4.39. The Bertz CT molecular complexity index is 439. The third kappa shape index (κ3) is 3.41. The maximum absolute atomic E-state index is 6.32. The molecule has 0 bridgehead atoms. The van der Waals surface area contributed by atoms with Crippen LogP contribution in [0, 0.1) is 0 Å². The second kappa shape index (κ2) is 6.42. The maximum Gasteiger partial charge on any atom is 0.0489 e. The Hall–Kier alpha value is -0.320. The van der Waals surface area contributed by atoms with Crippen LogP contribution in [-0.4, -0.2) is 49.1 Å². The first-order chi connectivity index (χ1) is 9.02. The van der Waals surface area contributed by atoms with Gasteiger partial charge in [0.25, 0.3) is 0 Å². The van der Waals surface area contributed by atoms with E-state index in [0.29, 0.717) is 22.6 Å². The lowest BCUT2D eigenvalue weighted by atomic mass is 10.0. The molecule has 3 nitrogen and oxygen atoms in total. The highest BCUT2D eigenvalue weighted by Gasteiger charge is 2.29. The van der Waals surface area contributed by atoms with Gasteiger partial charge in [-0.05, 0) is 31.7 Å². The summed E-state index contributed by atoms with van der Waals surface area (Å²) in [4.78, 5) is 4.79. The minimum Gasteiger partial charge on any atom is -0.329 e. The molecule has 0 aromatic heterocycles. The second-order valence-electron chi connectivity index (χ2n) is 5.27. The molecule has 1 fully saturated rings. The molecule has 106 valence electrons. The molecule has 2 atom stereocenters. The maximum atomic E-state index is 6.32. The number of hydrogen-bond acceptors (Lipinski definition) is 3. The topological polar surface area (TPSA) is 32.5 Å². The van der Waals surface area contributed by atoms with Gasteiger partial charge in [0.05, 0.1) is 0 Å². The van der Waals surface area contributed by atoms with Crippen molar-refractivity contribution in [3.63, 3.8) is 0 Å². The Morgan fingerprint density at radius 2 is 2.11 bits per heavy atom. The number of likely N-dealkylation sites (N-methyl/N-ethyl adjacent to an activating group) is 1. The molecule has 1 aromatic rings. The Morgan fingerprint density at radius 1 is 1.37 bits per heavy atom. The molecule has 1 heterocycles. The molecule has 0 aliphatic carbocycles. The highest BCUT2D eigenvalue weighted by Crippen LogP contribution is 2.31. The third-order valence-electron chi connectivity index (χ3n) is 3.83. The second-order valence-corrected chi connectivity index (χ2v) is 6.11. The van der Waals surface area contributed by atoms with Crippen LogP contribution in [0.15, 0.2) is 18.2 Å². The molecule has 2 N–H and O–H groups in total. The van der Waals surface area contributed by atoms with E-state index in [4.69, 9.17) is 28.9 Å². The average molecular weight is 302 g/mol. The molecule has 1 aliphatic rings. The Kier molecular flexibility index (Phi) is 5.09. The largest absolute Gasteiger partial charge is 0.329 e. The molecular weight excluding hydrogens is 281 g/mol. The van der Waals surface area contributed by atoms with Crippen molar-refractivity contribution < 1.29 is 0 Å². The predicted molar refractivity (Wildman–Crippen MR) is 81.9 cm³/mol. The molecule has 2 unspecified atom stereocenters. The Labute approximate surface area is 125 Å². The van der Waals surface area contributed by atoms with E-state index in [-0.39, 0.29) is 6.04 Å². The van der Waals surface area contributed by atoms with Crippen molar-refractivity contribution in [1.29, 1.82) is 0 Å². The van der Waals surface area contributed by atoms with Crippen molar-refractivity contribution >= 4 is 23.2 Å². The van der Waals surface area contributed by atoms with E-state index in [1.165, 1.54) is 0 Å². The minimum absolute atomic E-state index is 0.161. The van der Waals surface area contributed by atoms with Gasteiger partial charge in [0.2, 0.25) is 0 Å². The summed E-state index contributed by atoms with van der Waals surface area (Å²) in [5.74, 6) is 0. The van der Waals surface area contributed by atoms with Gasteiger partial charge in [0, 0.05) is 48.3 Å². The van der Waals surface area contributed by atoms with E-state index in [1.807, 2.05) is 12.1 Å². The fraction of sp³-hybridized carbons (Fsp3) is 0.571. The first-order valence-corrected chi connectivity index (χ1v) is 7.37. The predicted octanol–water partition coefficient (Wildman–Crippen LogP) is 2.63. The number of rotatable bonds is 3. The van der Waals surface area contributed by atoms with Crippen LogP contribution < -0.4 is 5.73 Å². The Morgan fingerprint density at radius 3 is 2.68 bits per heavy atom. The van der Waals surface area contributed by atoms with E-state index in [0.717, 1.165) is 25.2 Å². The monoisotopic (exact) mass is 301 g/mol. The Balaban J connectivity index is 2.24. The van der Waals surface area contributed by atoms with Crippen molar-refractivity contribution in [2.45, 2.75) is 19.0 Å². The summed E-state index contributed by atoms with van der Waals surface area (Å²) in [6.07, 6.45) is 0. The zero-order valence-electron chi connectivity index (χ0n) is 11.4. The van der Waals surface area contributed by atoms with Crippen molar-refractivity contribution in [2.75, 3.05) is 33.2 Å².